The quantitative estimate of drug-likeness (QED) is 0.683. The Labute approximate surface area is 150 Å². The maximum atomic E-state index is 12.6. The molecule has 0 saturated carbocycles. The SMILES string of the molecule is CC(C)(C(=O)Nc1cccc(CSCCC(=O)O)c1)c1cccs1. The summed E-state index contributed by atoms with van der Waals surface area (Å²) in [6, 6.07) is 11.6. The van der Waals surface area contributed by atoms with Crippen LogP contribution in [-0.2, 0) is 20.8 Å². The van der Waals surface area contributed by atoms with E-state index >= 15 is 0 Å². The number of nitrogens with one attached hydrogen (secondary N) is 1. The van der Waals surface area contributed by atoms with Gasteiger partial charge >= 0.3 is 5.97 Å². The van der Waals surface area contributed by atoms with Crippen molar-refractivity contribution in [3.63, 3.8) is 0 Å². The van der Waals surface area contributed by atoms with Gasteiger partial charge in [0.1, 0.15) is 0 Å². The van der Waals surface area contributed by atoms with Crippen molar-refractivity contribution >= 4 is 40.7 Å². The van der Waals surface area contributed by atoms with Crippen LogP contribution in [-0.4, -0.2) is 22.7 Å². The zero-order valence-electron chi connectivity index (χ0n) is 13.7. The Morgan fingerprint density at radius 1 is 1.25 bits per heavy atom. The minimum atomic E-state index is -0.778. The summed E-state index contributed by atoms with van der Waals surface area (Å²) < 4.78 is 0. The summed E-state index contributed by atoms with van der Waals surface area (Å²) in [5.41, 5.74) is 1.25. The van der Waals surface area contributed by atoms with Gasteiger partial charge in [-0.15, -0.1) is 11.3 Å². The highest BCUT2D eigenvalue weighted by molar-refractivity contribution is 7.98. The van der Waals surface area contributed by atoms with E-state index in [1.54, 1.807) is 23.1 Å². The Morgan fingerprint density at radius 3 is 2.71 bits per heavy atom. The number of amides is 1. The number of carboxylic acid groups (broad SMARTS) is 1. The van der Waals surface area contributed by atoms with E-state index < -0.39 is 11.4 Å². The molecule has 0 aliphatic heterocycles. The van der Waals surface area contributed by atoms with Crippen LogP contribution in [0.25, 0.3) is 0 Å². The van der Waals surface area contributed by atoms with Crippen LogP contribution in [0, 0.1) is 0 Å². The molecule has 4 nitrogen and oxygen atoms in total. The van der Waals surface area contributed by atoms with Gasteiger partial charge in [-0.1, -0.05) is 18.2 Å². The van der Waals surface area contributed by atoms with Crippen molar-refractivity contribution in [2.45, 2.75) is 31.4 Å². The highest BCUT2D eigenvalue weighted by atomic mass is 32.2. The van der Waals surface area contributed by atoms with E-state index in [1.807, 2.05) is 55.6 Å². The molecule has 0 atom stereocenters. The van der Waals surface area contributed by atoms with Crippen LogP contribution in [0.5, 0.6) is 0 Å². The Kier molecular flexibility index (Phi) is 6.45. The van der Waals surface area contributed by atoms with Crippen molar-refractivity contribution in [3.05, 3.63) is 52.2 Å². The summed E-state index contributed by atoms with van der Waals surface area (Å²) in [7, 11) is 0. The third-order valence-corrected chi connectivity index (χ3v) is 5.84. The van der Waals surface area contributed by atoms with E-state index in [9.17, 15) is 9.59 Å². The monoisotopic (exact) mass is 363 g/mol. The first kappa shape index (κ1) is 18.5. The van der Waals surface area contributed by atoms with Gasteiger partial charge in [-0.25, -0.2) is 0 Å². The van der Waals surface area contributed by atoms with Crippen molar-refractivity contribution in [2.75, 3.05) is 11.1 Å². The third kappa shape index (κ3) is 5.11. The molecule has 0 bridgehead atoms. The molecular formula is C18H21NO3S2. The molecular weight excluding hydrogens is 342 g/mol. The summed E-state index contributed by atoms with van der Waals surface area (Å²) in [6.07, 6.45) is 0.163. The standard InChI is InChI=1S/C18H21NO3S2/c1-18(2,15-7-4-9-24-15)17(22)19-14-6-3-5-13(11-14)12-23-10-8-16(20)21/h3-7,9,11H,8,10,12H2,1-2H3,(H,19,22)(H,20,21). The molecule has 0 unspecified atom stereocenters. The molecule has 128 valence electrons. The van der Waals surface area contributed by atoms with Crippen molar-refractivity contribution in [3.8, 4) is 0 Å². The van der Waals surface area contributed by atoms with Gasteiger partial charge < -0.3 is 10.4 Å². The second-order valence-electron chi connectivity index (χ2n) is 5.95. The predicted molar refractivity (Wildman–Crippen MR) is 101 cm³/mol. The molecule has 1 aromatic carbocycles. The number of thiophene rings is 1. The number of benzene rings is 1. The molecule has 1 heterocycles. The Morgan fingerprint density at radius 2 is 2.04 bits per heavy atom. The number of aliphatic carboxylic acids is 1. The topological polar surface area (TPSA) is 66.4 Å². The average Bonchev–Trinajstić information content (AvgIpc) is 3.07. The Hall–Kier alpha value is -1.79. The zero-order chi connectivity index (χ0) is 17.6. The van der Waals surface area contributed by atoms with Crippen LogP contribution in [0.15, 0.2) is 41.8 Å². The molecule has 0 saturated heterocycles. The molecule has 1 aromatic heterocycles. The molecule has 6 heteroatoms. The molecule has 0 spiro atoms. The van der Waals surface area contributed by atoms with E-state index in [0.717, 1.165) is 21.9 Å². The van der Waals surface area contributed by atoms with E-state index in [1.165, 1.54) is 0 Å². The minimum Gasteiger partial charge on any atom is -0.481 e. The lowest BCUT2D eigenvalue weighted by atomic mass is 9.90. The first-order valence-electron chi connectivity index (χ1n) is 7.63. The lowest BCUT2D eigenvalue weighted by Gasteiger charge is -2.22. The first-order valence-corrected chi connectivity index (χ1v) is 9.67. The summed E-state index contributed by atoms with van der Waals surface area (Å²) in [5.74, 6) is 0.489. The number of thioether (sulfide) groups is 1. The third-order valence-electron chi connectivity index (χ3n) is 3.62. The molecule has 2 aromatic rings. The Bertz CT molecular complexity index is 696. The first-order chi connectivity index (χ1) is 11.4. The fourth-order valence-electron chi connectivity index (χ4n) is 2.12. The summed E-state index contributed by atoms with van der Waals surface area (Å²) in [6.45, 7) is 3.83. The number of hydrogen-bond acceptors (Lipinski definition) is 4. The fourth-order valence-corrected chi connectivity index (χ4v) is 3.85. The van der Waals surface area contributed by atoms with Gasteiger partial charge in [0.25, 0.3) is 0 Å². The van der Waals surface area contributed by atoms with E-state index in [2.05, 4.69) is 5.32 Å². The summed E-state index contributed by atoms with van der Waals surface area (Å²) >= 11 is 3.15. The summed E-state index contributed by atoms with van der Waals surface area (Å²) in [5, 5.41) is 13.6. The van der Waals surface area contributed by atoms with Crippen molar-refractivity contribution < 1.29 is 14.7 Å². The van der Waals surface area contributed by atoms with Crippen molar-refractivity contribution in [2.24, 2.45) is 0 Å². The van der Waals surface area contributed by atoms with Gasteiger partial charge in [-0.2, -0.15) is 11.8 Å². The lowest BCUT2D eigenvalue weighted by molar-refractivity contribution is -0.136. The van der Waals surface area contributed by atoms with Crippen molar-refractivity contribution in [1.29, 1.82) is 0 Å². The van der Waals surface area contributed by atoms with Crippen LogP contribution in [0.3, 0.4) is 0 Å². The van der Waals surface area contributed by atoms with E-state index in [-0.39, 0.29) is 12.3 Å². The molecule has 0 aliphatic carbocycles. The zero-order valence-corrected chi connectivity index (χ0v) is 15.4. The lowest BCUT2D eigenvalue weighted by Crippen LogP contribution is -2.33. The maximum absolute atomic E-state index is 12.6. The molecule has 0 radical (unpaired) electrons. The highest BCUT2D eigenvalue weighted by Crippen LogP contribution is 2.29. The van der Waals surface area contributed by atoms with Gasteiger partial charge in [0.05, 0.1) is 11.8 Å². The minimum absolute atomic E-state index is 0.0411. The average molecular weight is 364 g/mol. The second-order valence-corrected chi connectivity index (χ2v) is 8.01. The predicted octanol–water partition coefficient (Wildman–Crippen LogP) is 4.37. The fraction of sp³-hybridized carbons (Fsp3) is 0.333. The van der Waals surface area contributed by atoms with Crippen molar-refractivity contribution in [1.82, 2.24) is 0 Å². The number of carbonyl (C=O) groups is 2. The molecule has 24 heavy (non-hydrogen) atoms. The van der Waals surface area contributed by atoms with Gasteiger partial charge in [0, 0.05) is 22.1 Å². The van der Waals surface area contributed by atoms with Gasteiger partial charge in [-0.05, 0) is 43.0 Å². The van der Waals surface area contributed by atoms with Crippen LogP contribution in [0.4, 0.5) is 5.69 Å². The van der Waals surface area contributed by atoms with Crippen LogP contribution in [0.2, 0.25) is 0 Å². The molecule has 2 rings (SSSR count). The smallest absolute Gasteiger partial charge is 0.304 e. The van der Waals surface area contributed by atoms with Crippen LogP contribution in [0.1, 0.15) is 30.7 Å². The van der Waals surface area contributed by atoms with Crippen LogP contribution >= 0.6 is 23.1 Å². The second kappa shape index (κ2) is 8.35. The largest absolute Gasteiger partial charge is 0.481 e. The van der Waals surface area contributed by atoms with Gasteiger partial charge in [-0.3, -0.25) is 9.59 Å². The highest BCUT2D eigenvalue weighted by Gasteiger charge is 2.30. The number of carbonyl (C=O) groups excluding carboxylic acids is 1. The number of hydrogen-bond donors (Lipinski definition) is 2. The molecule has 1 amide bonds. The number of carboxylic acids is 1. The molecule has 2 N–H and O–H groups in total. The normalized spacial score (nSPS) is 11.2. The number of anilines is 1. The van der Waals surface area contributed by atoms with Gasteiger partial charge in [0.15, 0.2) is 0 Å². The molecule has 0 fully saturated rings. The number of rotatable bonds is 8. The Balaban J connectivity index is 1.96. The van der Waals surface area contributed by atoms with Gasteiger partial charge in [0.2, 0.25) is 5.91 Å². The molecule has 0 aliphatic rings. The van der Waals surface area contributed by atoms with E-state index in [4.69, 9.17) is 5.11 Å². The maximum Gasteiger partial charge on any atom is 0.304 e. The van der Waals surface area contributed by atoms with E-state index in [0.29, 0.717) is 5.75 Å². The van der Waals surface area contributed by atoms with Crippen LogP contribution < -0.4 is 5.32 Å². The summed E-state index contributed by atoms with van der Waals surface area (Å²) in [4.78, 5) is 24.1.